The van der Waals surface area contributed by atoms with Crippen LogP contribution in [-0.2, 0) is 6.54 Å². The minimum absolute atomic E-state index is 0.250. The second-order valence-corrected chi connectivity index (χ2v) is 5.05. The molecule has 1 fully saturated rings. The first-order valence-corrected chi connectivity index (χ1v) is 6.46. The fourth-order valence-corrected chi connectivity index (χ4v) is 2.69. The predicted molar refractivity (Wildman–Crippen MR) is 71.3 cm³/mol. The SMILES string of the molecule is COc1ccc(CN(C)C2(C#N)CCCC2)cc1. The van der Waals surface area contributed by atoms with Gasteiger partial charge < -0.3 is 4.74 Å². The van der Waals surface area contributed by atoms with Crippen molar-refractivity contribution in [2.45, 2.75) is 37.8 Å². The predicted octanol–water partition coefficient (Wildman–Crippen LogP) is 2.96. The average Bonchev–Trinajstić information content (AvgIpc) is 2.89. The van der Waals surface area contributed by atoms with E-state index in [-0.39, 0.29) is 5.54 Å². The minimum atomic E-state index is -0.250. The summed E-state index contributed by atoms with van der Waals surface area (Å²) >= 11 is 0. The van der Waals surface area contributed by atoms with Crippen molar-refractivity contribution >= 4 is 0 Å². The second kappa shape index (κ2) is 5.41. The maximum Gasteiger partial charge on any atom is 0.118 e. The smallest absolute Gasteiger partial charge is 0.118 e. The number of nitrogens with zero attached hydrogens (tertiary/aromatic N) is 2. The summed E-state index contributed by atoms with van der Waals surface area (Å²) in [5.41, 5.74) is 0.972. The summed E-state index contributed by atoms with van der Waals surface area (Å²) in [6.07, 6.45) is 4.33. The van der Waals surface area contributed by atoms with Crippen LogP contribution in [0.25, 0.3) is 0 Å². The van der Waals surface area contributed by atoms with Crippen LogP contribution >= 0.6 is 0 Å². The van der Waals surface area contributed by atoms with Crippen LogP contribution in [0.2, 0.25) is 0 Å². The van der Waals surface area contributed by atoms with Crippen molar-refractivity contribution in [2.75, 3.05) is 14.2 Å². The normalized spacial score (nSPS) is 17.7. The number of methoxy groups -OCH3 is 1. The molecule has 0 amide bonds. The van der Waals surface area contributed by atoms with E-state index in [1.165, 1.54) is 18.4 Å². The van der Waals surface area contributed by atoms with Crippen molar-refractivity contribution in [1.29, 1.82) is 5.26 Å². The summed E-state index contributed by atoms with van der Waals surface area (Å²) in [6, 6.07) is 10.6. The Hall–Kier alpha value is -1.53. The summed E-state index contributed by atoms with van der Waals surface area (Å²) in [5, 5.41) is 9.44. The Bertz CT molecular complexity index is 427. The van der Waals surface area contributed by atoms with Crippen LogP contribution in [0.5, 0.6) is 5.75 Å². The topological polar surface area (TPSA) is 36.3 Å². The lowest BCUT2D eigenvalue weighted by atomic mass is 9.97. The highest BCUT2D eigenvalue weighted by atomic mass is 16.5. The Morgan fingerprint density at radius 3 is 2.39 bits per heavy atom. The highest BCUT2D eigenvalue weighted by Crippen LogP contribution is 2.34. The fourth-order valence-electron chi connectivity index (χ4n) is 2.69. The van der Waals surface area contributed by atoms with E-state index in [1.807, 2.05) is 12.1 Å². The summed E-state index contributed by atoms with van der Waals surface area (Å²) in [5.74, 6) is 0.872. The van der Waals surface area contributed by atoms with Gasteiger partial charge in [0.25, 0.3) is 0 Å². The lowest BCUT2D eigenvalue weighted by Gasteiger charge is -2.32. The molecule has 1 aliphatic rings. The van der Waals surface area contributed by atoms with Crippen LogP contribution in [-0.4, -0.2) is 24.6 Å². The van der Waals surface area contributed by atoms with Gasteiger partial charge >= 0.3 is 0 Å². The molecule has 0 aliphatic heterocycles. The zero-order valence-electron chi connectivity index (χ0n) is 11.1. The third-order valence-electron chi connectivity index (χ3n) is 3.95. The van der Waals surface area contributed by atoms with Crippen LogP contribution < -0.4 is 4.74 Å². The number of hydrogen-bond acceptors (Lipinski definition) is 3. The lowest BCUT2D eigenvalue weighted by Crippen LogP contribution is -2.42. The standard InChI is InChI=1S/C15H20N2O/c1-17(15(12-16)9-3-4-10-15)11-13-5-7-14(18-2)8-6-13/h5-8H,3-4,9-11H2,1-2H3. The van der Waals surface area contributed by atoms with E-state index >= 15 is 0 Å². The molecule has 1 aromatic rings. The quantitative estimate of drug-likeness (QED) is 0.817. The molecule has 1 aromatic carbocycles. The van der Waals surface area contributed by atoms with Gasteiger partial charge in [-0.15, -0.1) is 0 Å². The zero-order chi connectivity index (χ0) is 13.0. The van der Waals surface area contributed by atoms with Gasteiger partial charge in [0.2, 0.25) is 0 Å². The van der Waals surface area contributed by atoms with E-state index in [0.29, 0.717) is 0 Å². The van der Waals surface area contributed by atoms with Crippen molar-refractivity contribution in [3.05, 3.63) is 29.8 Å². The van der Waals surface area contributed by atoms with Gasteiger partial charge in [0.05, 0.1) is 13.2 Å². The number of hydrogen-bond donors (Lipinski definition) is 0. The van der Waals surface area contributed by atoms with Crippen molar-refractivity contribution in [3.8, 4) is 11.8 Å². The Morgan fingerprint density at radius 1 is 1.28 bits per heavy atom. The fraction of sp³-hybridized carbons (Fsp3) is 0.533. The zero-order valence-corrected chi connectivity index (χ0v) is 11.1. The number of ether oxygens (including phenoxy) is 1. The molecule has 1 aliphatic carbocycles. The van der Waals surface area contributed by atoms with Gasteiger partial charge in [-0.25, -0.2) is 0 Å². The molecule has 0 atom stereocenters. The molecule has 18 heavy (non-hydrogen) atoms. The molecule has 3 nitrogen and oxygen atoms in total. The molecule has 0 N–H and O–H groups in total. The van der Waals surface area contributed by atoms with E-state index < -0.39 is 0 Å². The first kappa shape index (κ1) is 12.9. The van der Waals surface area contributed by atoms with Crippen molar-refractivity contribution < 1.29 is 4.74 Å². The largest absolute Gasteiger partial charge is 0.497 e. The van der Waals surface area contributed by atoms with Gasteiger partial charge in [0, 0.05) is 6.54 Å². The van der Waals surface area contributed by atoms with E-state index in [0.717, 1.165) is 25.1 Å². The van der Waals surface area contributed by atoms with Gasteiger partial charge in [-0.2, -0.15) is 5.26 Å². The van der Waals surface area contributed by atoms with E-state index in [9.17, 15) is 5.26 Å². The molecule has 1 saturated carbocycles. The number of nitriles is 1. The van der Waals surface area contributed by atoms with Crippen LogP contribution in [0.1, 0.15) is 31.2 Å². The van der Waals surface area contributed by atoms with Gasteiger partial charge in [0.15, 0.2) is 0 Å². The van der Waals surface area contributed by atoms with Crippen LogP contribution in [0.4, 0.5) is 0 Å². The Kier molecular flexibility index (Phi) is 3.88. The lowest BCUT2D eigenvalue weighted by molar-refractivity contribution is 0.171. The van der Waals surface area contributed by atoms with E-state index in [1.54, 1.807) is 7.11 Å². The maximum atomic E-state index is 9.44. The number of rotatable bonds is 4. The molecule has 0 radical (unpaired) electrons. The summed E-state index contributed by atoms with van der Waals surface area (Å²) < 4.78 is 5.15. The molecule has 0 bridgehead atoms. The second-order valence-electron chi connectivity index (χ2n) is 5.05. The molecular weight excluding hydrogens is 224 g/mol. The van der Waals surface area contributed by atoms with Gasteiger partial charge in [-0.3, -0.25) is 4.90 Å². The van der Waals surface area contributed by atoms with Crippen LogP contribution in [0.15, 0.2) is 24.3 Å². The summed E-state index contributed by atoms with van der Waals surface area (Å²) in [6.45, 7) is 0.817. The highest BCUT2D eigenvalue weighted by Gasteiger charge is 2.37. The molecule has 2 rings (SSSR count). The molecule has 0 unspecified atom stereocenters. The van der Waals surface area contributed by atoms with E-state index in [4.69, 9.17) is 4.74 Å². The maximum absolute atomic E-state index is 9.44. The molecule has 0 heterocycles. The van der Waals surface area contributed by atoms with Gasteiger partial charge in [0.1, 0.15) is 11.3 Å². The molecule has 96 valence electrons. The van der Waals surface area contributed by atoms with Crippen molar-refractivity contribution in [1.82, 2.24) is 4.90 Å². The van der Waals surface area contributed by atoms with Crippen LogP contribution in [0.3, 0.4) is 0 Å². The Morgan fingerprint density at radius 2 is 1.89 bits per heavy atom. The molecule has 0 saturated heterocycles. The molecule has 3 heteroatoms. The van der Waals surface area contributed by atoms with Crippen LogP contribution in [0, 0.1) is 11.3 Å². The Balaban J connectivity index is 2.06. The van der Waals surface area contributed by atoms with Crippen molar-refractivity contribution in [2.24, 2.45) is 0 Å². The summed E-state index contributed by atoms with van der Waals surface area (Å²) in [4.78, 5) is 2.20. The average molecular weight is 244 g/mol. The van der Waals surface area contributed by atoms with Gasteiger partial charge in [-0.05, 0) is 37.6 Å². The first-order valence-electron chi connectivity index (χ1n) is 6.46. The monoisotopic (exact) mass is 244 g/mol. The Labute approximate surface area is 109 Å². The van der Waals surface area contributed by atoms with E-state index in [2.05, 4.69) is 30.1 Å². The molecule has 0 aromatic heterocycles. The third kappa shape index (κ3) is 2.49. The van der Waals surface area contributed by atoms with Gasteiger partial charge in [-0.1, -0.05) is 25.0 Å². The third-order valence-corrected chi connectivity index (χ3v) is 3.95. The number of benzene rings is 1. The van der Waals surface area contributed by atoms with Crippen molar-refractivity contribution in [3.63, 3.8) is 0 Å². The first-order chi connectivity index (χ1) is 8.70. The summed E-state index contributed by atoms with van der Waals surface area (Å²) in [7, 11) is 3.73. The highest BCUT2D eigenvalue weighted by molar-refractivity contribution is 5.27. The molecular formula is C15H20N2O. The minimum Gasteiger partial charge on any atom is -0.497 e. The molecule has 0 spiro atoms.